The number of rotatable bonds is 4. The summed E-state index contributed by atoms with van der Waals surface area (Å²) in [6.45, 7) is 3.64. The molecule has 1 aliphatic heterocycles. The molecule has 0 saturated carbocycles. The molecule has 8 heteroatoms. The number of para-hydroxylation sites is 2. The number of aromatic nitrogens is 1. The highest BCUT2D eigenvalue weighted by molar-refractivity contribution is 7.17. The van der Waals surface area contributed by atoms with Crippen molar-refractivity contribution < 1.29 is 14.3 Å². The lowest BCUT2D eigenvalue weighted by atomic mass is 10.2. The average Bonchev–Trinajstić information content (AvgIpc) is 3.28. The molecule has 1 atom stereocenters. The van der Waals surface area contributed by atoms with Crippen molar-refractivity contribution in [3.05, 3.63) is 46.7 Å². The molecule has 1 aromatic carbocycles. The molecule has 2 amide bonds. The Bertz CT molecular complexity index is 1010. The summed E-state index contributed by atoms with van der Waals surface area (Å²) in [6.07, 6.45) is -0.624. The molecule has 2 aromatic heterocycles. The van der Waals surface area contributed by atoms with Gasteiger partial charge in [-0.2, -0.15) is 0 Å². The van der Waals surface area contributed by atoms with Crippen LogP contribution in [0, 0.1) is 6.92 Å². The SMILES string of the molecule is Cc1ccc(-c2csc(NC(=O)CN3C(=O)C(C)Oc4ccccc43)n2)s1. The van der Waals surface area contributed by atoms with Gasteiger partial charge in [0, 0.05) is 10.3 Å². The molecule has 138 valence electrons. The summed E-state index contributed by atoms with van der Waals surface area (Å²) in [5, 5.41) is 5.22. The Labute approximate surface area is 164 Å². The summed E-state index contributed by atoms with van der Waals surface area (Å²) < 4.78 is 5.60. The summed E-state index contributed by atoms with van der Waals surface area (Å²) in [6, 6.07) is 11.3. The number of fused-ring (bicyclic) bond motifs is 1. The third-order valence-corrected chi connectivity index (χ3v) is 5.90. The Balaban J connectivity index is 1.48. The molecular weight excluding hydrogens is 382 g/mol. The summed E-state index contributed by atoms with van der Waals surface area (Å²) >= 11 is 3.03. The maximum Gasteiger partial charge on any atom is 0.268 e. The van der Waals surface area contributed by atoms with Crippen molar-refractivity contribution in [3.63, 3.8) is 0 Å². The summed E-state index contributed by atoms with van der Waals surface area (Å²) in [4.78, 5) is 33.2. The lowest BCUT2D eigenvalue weighted by Crippen LogP contribution is -2.47. The first kappa shape index (κ1) is 17.7. The average molecular weight is 399 g/mol. The van der Waals surface area contributed by atoms with E-state index in [1.165, 1.54) is 21.1 Å². The van der Waals surface area contributed by atoms with Gasteiger partial charge in [0.25, 0.3) is 5.91 Å². The van der Waals surface area contributed by atoms with Crippen LogP contribution < -0.4 is 15.0 Å². The molecule has 1 unspecified atom stereocenters. The van der Waals surface area contributed by atoms with Crippen LogP contribution in [0.5, 0.6) is 5.75 Å². The number of carbonyl (C=O) groups is 2. The molecule has 0 fully saturated rings. The van der Waals surface area contributed by atoms with Crippen LogP contribution in [0.25, 0.3) is 10.6 Å². The number of anilines is 2. The number of nitrogens with zero attached hydrogens (tertiary/aromatic N) is 2. The van der Waals surface area contributed by atoms with E-state index in [4.69, 9.17) is 4.74 Å². The number of nitrogens with one attached hydrogen (secondary N) is 1. The lowest BCUT2D eigenvalue weighted by molar-refractivity contribution is -0.127. The maximum atomic E-state index is 12.5. The van der Waals surface area contributed by atoms with Gasteiger partial charge in [-0.05, 0) is 38.1 Å². The Morgan fingerprint density at radius 3 is 2.89 bits per heavy atom. The normalized spacial score (nSPS) is 16.0. The van der Waals surface area contributed by atoms with Gasteiger partial charge in [-0.15, -0.1) is 22.7 Å². The van der Waals surface area contributed by atoms with Crippen molar-refractivity contribution in [2.75, 3.05) is 16.8 Å². The standard InChI is InChI=1S/C19H17N3O3S2/c1-11-7-8-16(27-11)13-10-26-19(20-13)21-17(23)9-22-14-5-3-4-6-15(14)25-12(2)18(22)24/h3-8,10,12H,9H2,1-2H3,(H,20,21,23). The topological polar surface area (TPSA) is 71.5 Å². The van der Waals surface area contributed by atoms with E-state index in [0.29, 0.717) is 16.6 Å². The fraction of sp³-hybridized carbons (Fsp3) is 0.211. The monoisotopic (exact) mass is 399 g/mol. The second-order valence-corrected chi connectivity index (χ2v) is 8.29. The van der Waals surface area contributed by atoms with Crippen LogP contribution in [0.2, 0.25) is 0 Å². The molecule has 3 heterocycles. The first-order chi connectivity index (χ1) is 13.0. The van der Waals surface area contributed by atoms with Crippen LogP contribution in [0.3, 0.4) is 0 Å². The van der Waals surface area contributed by atoms with E-state index >= 15 is 0 Å². The second-order valence-electron chi connectivity index (χ2n) is 6.15. The fourth-order valence-corrected chi connectivity index (χ4v) is 4.47. The molecule has 3 aromatic rings. The Morgan fingerprint density at radius 2 is 2.11 bits per heavy atom. The largest absolute Gasteiger partial charge is 0.479 e. The molecule has 0 spiro atoms. The molecule has 1 aliphatic rings. The van der Waals surface area contributed by atoms with Gasteiger partial charge in [-0.3, -0.25) is 14.5 Å². The van der Waals surface area contributed by atoms with E-state index in [0.717, 1.165) is 10.6 Å². The number of aryl methyl sites for hydroxylation is 1. The number of ether oxygens (including phenoxy) is 1. The summed E-state index contributed by atoms with van der Waals surface area (Å²) in [5.41, 5.74) is 1.44. The maximum absolute atomic E-state index is 12.5. The number of carbonyl (C=O) groups excluding carboxylic acids is 2. The molecule has 27 heavy (non-hydrogen) atoms. The van der Waals surface area contributed by atoms with E-state index in [1.54, 1.807) is 30.4 Å². The molecule has 0 radical (unpaired) electrons. The molecule has 0 aliphatic carbocycles. The second kappa shape index (κ2) is 7.13. The van der Waals surface area contributed by atoms with Crippen molar-refractivity contribution in [1.29, 1.82) is 0 Å². The Kier molecular flexibility index (Phi) is 4.67. The summed E-state index contributed by atoms with van der Waals surface area (Å²) in [5.74, 6) is 0.0650. The number of thiazole rings is 1. The number of hydrogen-bond acceptors (Lipinski definition) is 6. The van der Waals surface area contributed by atoms with Gasteiger partial charge in [0.1, 0.15) is 12.3 Å². The minimum atomic E-state index is -0.624. The quantitative estimate of drug-likeness (QED) is 0.721. The highest BCUT2D eigenvalue weighted by atomic mass is 32.1. The van der Waals surface area contributed by atoms with Crippen LogP contribution >= 0.6 is 22.7 Å². The van der Waals surface area contributed by atoms with Crippen molar-refractivity contribution >= 4 is 45.3 Å². The highest BCUT2D eigenvalue weighted by Crippen LogP contribution is 2.34. The van der Waals surface area contributed by atoms with Gasteiger partial charge in [-0.1, -0.05) is 12.1 Å². The van der Waals surface area contributed by atoms with E-state index in [2.05, 4.69) is 10.3 Å². The van der Waals surface area contributed by atoms with Gasteiger partial charge < -0.3 is 10.1 Å². The predicted molar refractivity (Wildman–Crippen MR) is 108 cm³/mol. The van der Waals surface area contributed by atoms with Crippen molar-refractivity contribution in [1.82, 2.24) is 4.98 Å². The Morgan fingerprint density at radius 1 is 1.30 bits per heavy atom. The zero-order chi connectivity index (χ0) is 19.0. The predicted octanol–water partition coefficient (Wildman–Crippen LogP) is 3.93. The Hall–Kier alpha value is -2.71. The van der Waals surface area contributed by atoms with Gasteiger partial charge in [0.2, 0.25) is 5.91 Å². The molecule has 0 saturated heterocycles. The third kappa shape index (κ3) is 3.58. The van der Waals surface area contributed by atoms with Gasteiger partial charge in [0.05, 0.1) is 16.3 Å². The molecular formula is C19H17N3O3S2. The highest BCUT2D eigenvalue weighted by Gasteiger charge is 2.32. The smallest absolute Gasteiger partial charge is 0.268 e. The van der Waals surface area contributed by atoms with E-state index in [1.807, 2.05) is 36.6 Å². The summed E-state index contributed by atoms with van der Waals surface area (Å²) in [7, 11) is 0. The number of benzene rings is 1. The number of hydrogen-bond donors (Lipinski definition) is 1. The van der Waals surface area contributed by atoms with Crippen LogP contribution in [0.1, 0.15) is 11.8 Å². The van der Waals surface area contributed by atoms with Gasteiger partial charge in [0.15, 0.2) is 11.2 Å². The van der Waals surface area contributed by atoms with Gasteiger partial charge >= 0.3 is 0 Å². The van der Waals surface area contributed by atoms with Crippen molar-refractivity contribution in [3.8, 4) is 16.3 Å². The molecule has 4 rings (SSSR count). The number of thiophene rings is 1. The zero-order valence-corrected chi connectivity index (χ0v) is 16.4. The van der Waals surface area contributed by atoms with Crippen LogP contribution in [0.4, 0.5) is 10.8 Å². The van der Waals surface area contributed by atoms with Crippen LogP contribution in [0.15, 0.2) is 41.8 Å². The lowest BCUT2D eigenvalue weighted by Gasteiger charge is -2.32. The minimum absolute atomic E-state index is 0.0867. The molecule has 0 bridgehead atoms. The van der Waals surface area contributed by atoms with Crippen LogP contribution in [-0.2, 0) is 9.59 Å². The van der Waals surface area contributed by atoms with E-state index in [-0.39, 0.29) is 18.4 Å². The van der Waals surface area contributed by atoms with Crippen molar-refractivity contribution in [2.24, 2.45) is 0 Å². The van der Waals surface area contributed by atoms with E-state index < -0.39 is 6.10 Å². The number of amides is 2. The zero-order valence-electron chi connectivity index (χ0n) is 14.8. The third-order valence-electron chi connectivity index (χ3n) is 4.12. The first-order valence-corrected chi connectivity index (χ1v) is 10.1. The molecule has 1 N–H and O–H groups in total. The fourth-order valence-electron chi connectivity index (χ4n) is 2.84. The first-order valence-electron chi connectivity index (χ1n) is 8.40. The van der Waals surface area contributed by atoms with Crippen molar-refractivity contribution in [2.45, 2.75) is 20.0 Å². The van der Waals surface area contributed by atoms with E-state index in [9.17, 15) is 9.59 Å². The molecule has 6 nitrogen and oxygen atoms in total. The van der Waals surface area contributed by atoms with Crippen LogP contribution in [-0.4, -0.2) is 29.4 Å². The minimum Gasteiger partial charge on any atom is -0.479 e. The van der Waals surface area contributed by atoms with Gasteiger partial charge in [-0.25, -0.2) is 4.98 Å².